The first-order chi connectivity index (χ1) is 13.2. The van der Waals surface area contributed by atoms with Gasteiger partial charge in [-0.2, -0.15) is 0 Å². The summed E-state index contributed by atoms with van der Waals surface area (Å²) >= 11 is 0. The molecule has 0 saturated heterocycles. The lowest BCUT2D eigenvalue weighted by Crippen LogP contribution is -2.35. The molecule has 1 amide bonds. The van der Waals surface area contributed by atoms with Crippen molar-refractivity contribution in [3.63, 3.8) is 0 Å². The van der Waals surface area contributed by atoms with Gasteiger partial charge >= 0.3 is 0 Å². The zero-order valence-electron chi connectivity index (χ0n) is 16.0. The summed E-state index contributed by atoms with van der Waals surface area (Å²) in [4.78, 5) is 19.2. The van der Waals surface area contributed by atoms with E-state index in [2.05, 4.69) is 58.1 Å². The first-order valence-electron chi connectivity index (χ1n) is 9.73. The van der Waals surface area contributed by atoms with Gasteiger partial charge in [-0.25, -0.2) is 4.98 Å². The lowest BCUT2D eigenvalue weighted by Gasteiger charge is -2.33. The molecule has 1 aliphatic rings. The Kier molecular flexibility index (Phi) is 4.94. The molecule has 27 heavy (non-hydrogen) atoms. The molecule has 5 heteroatoms. The summed E-state index contributed by atoms with van der Waals surface area (Å²) in [5.74, 6) is 1.15. The van der Waals surface area contributed by atoms with Crippen molar-refractivity contribution in [3.05, 3.63) is 59.9 Å². The summed E-state index contributed by atoms with van der Waals surface area (Å²) in [6, 6.07) is 17.0. The minimum Gasteiger partial charge on any atom is -0.326 e. The lowest BCUT2D eigenvalue weighted by atomic mass is 10.1. The van der Waals surface area contributed by atoms with Crippen molar-refractivity contribution in [1.29, 1.82) is 0 Å². The Morgan fingerprint density at radius 2 is 2.00 bits per heavy atom. The van der Waals surface area contributed by atoms with Gasteiger partial charge < -0.3 is 9.88 Å². The van der Waals surface area contributed by atoms with E-state index in [1.165, 1.54) is 5.56 Å². The SMILES string of the molecule is CCCC(=O)Nc1ccc2c(c1)nc1n2CCN([C@@H](C)c2ccccc2)C1. The molecule has 2 aromatic carbocycles. The molecular formula is C22H26N4O. The maximum absolute atomic E-state index is 11.9. The normalized spacial score (nSPS) is 15.5. The highest BCUT2D eigenvalue weighted by Gasteiger charge is 2.24. The van der Waals surface area contributed by atoms with Crippen molar-refractivity contribution in [2.45, 2.75) is 45.8 Å². The summed E-state index contributed by atoms with van der Waals surface area (Å²) in [5.41, 5.74) is 4.26. The number of carbonyl (C=O) groups is 1. The number of hydrogen-bond acceptors (Lipinski definition) is 3. The van der Waals surface area contributed by atoms with E-state index in [0.29, 0.717) is 12.5 Å². The number of nitrogens with one attached hydrogen (secondary N) is 1. The number of benzene rings is 2. The van der Waals surface area contributed by atoms with Gasteiger partial charge in [0.1, 0.15) is 5.82 Å². The third-order valence-electron chi connectivity index (χ3n) is 5.37. The van der Waals surface area contributed by atoms with E-state index in [1.807, 2.05) is 19.1 Å². The highest BCUT2D eigenvalue weighted by Crippen LogP contribution is 2.28. The van der Waals surface area contributed by atoms with E-state index in [9.17, 15) is 4.79 Å². The Hall–Kier alpha value is -2.66. The first kappa shape index (κ1) is 17.7. The molecule has 2 heterocycles. The van der Waals surface area contributed by atoms with Gasteiger partial charge in [-0.15, -0.1) is 0 Å². The molecule has 1 N–H and O–H groups in total. The molecule has 0 unspecified atom stereocenters. The van der Waals surface area contributed by atoms with Crippen LogP contribution in [-0.2, 0) is 17.9 Å². The van der Waals surface area contributed by atoms with Gasteiger partial charge in [-0.1, -0.05) is 37.3 Å². The molecule has 3 aromatic rings. The zero-order chi connectivity index (χ0) is 18.8. The highest BCUT2D eigenvalue weighted by atomic mass is 16.1. The predicted octanol–water partition coefficient (Wildman–Crippen LogP) is 4.35. The second-order valence-corrected chi connectivity index (χ2v) is 7.24. The quantitative estimate of drug-likeness (QED) is 0.734. The monoisotopic (exact) mass is 362 g/mol. The van der Waals surface area contributed by atoms with Crippen LogP contribution in [0.5, 0.6) is 0 Å². The Morgan fingerprint density at radius 1 is 1.19 bits per heavy atom. The largest absolute Gasteiger partial charge is 0.326 e. The van der Waals surface area contributed by atoms with E-state index in [-0.39, 0.29) is 5.91 Å². The van der Waals surface area contributed by atoms with E-state index in [4.69, 9.17) is 4.98 Å². The number of amides is 1. The summed E-state index contributed by atoms with van der Waals surface area (Å²) in [7, 11) is 0. The molecule has 1 aromatic heterocycles. The molecule has 0 aliphatic carbocycles. The number of aromatic nitrogens is 2. The van der Waals surface area contributed by atoms with Crippen LogP contribution in [0, 0.1) is 0 Å². The van der Waals surface area contributed by atoms with Crippen LogP contribution >= 0.6 is 0 Å². The van der Waals surface area contributed by atoms with Gasteiger partial charge in [0.2, 0.25) is 5.91 Å². The van der Waals surface area contributed by atoms with Crippen LogP contribution in [-0.4, -0.2) is 26.9 Å². The maximum atomic E-state index is 11.9. The molecule has 0 fully saturated rings. The smallest absolute Gasteiger partial charge is 0.224 e. The minimum atomic E-state index is 0.0590. The maximum Gasteiger partial charge on any atom is 0.224 e. The summed E-state index contributed by atoms with van der Waals surface area (Å²) in [6.45, 7) is 7.04. The van der Waals surface area contributed by atoms with Gasteiger partial charge in [0.05, 0.1) is 17.6 Å². The average Bonchev–Trinajstić information content (AvgIpc) is 3.05. The predicted molar refractivity (Wildman–Crippen MR) is 109 cm³/mol. The second-order valence-electron chi connectivity index (χ2n) is 7.24. The van der Waals surface area contributed by atoms with Crippen molar-refractivity contribution in [2.24, 2.45) is 0 Å². The molecule has 1 atom stereocenters. The number of fused-ring (bicyclic) bond motifs is 3. The summed E-state index contributed by atoms with van der Waals surface area (Å²) in [6.07, 6.45) is 1.40. The van der Waals surface area contributed by atoms with E-state index < -0.39 is 0 Å². The van der Waals surface area contributed by atoms with Crippen molar-refractivity contribution < 1.29 is 4.79 Å². The van der Waals surface area contributed by atoms with Crippen LogP contribution in [0.25, 0.3) is 11.0 Å². The van der Waals surface area contributed by atoms with E-state index >= 15 is 0 Å². The second kappa shape index (κ2) is 7.53. The molecule has 140 valence electrons. The third-order valence-corrected chi connectivity index (χ3v) is 5.37. The van der Waals surface area contributed by atoms with E-state index in [1.54, 1.807) is 0 Å². The van der Waals surface area contributed by atoms with Crippen LogP contribution < -0.4 is 5.32 Å². The number of hydrogen-bond donors (Lipinski definition) is 1. The van der Waals surface area contributed by atoms with Gasteiger partial charge in [-0.3, -0.25) is 9.69 Å². The molecule has 0 bridgehead atoms. The number of rotatable bonds is 5. The lowest BCUT2D eigenvalue weighted by molar-refractivity contribution is -0.116. The fourth-order valence-corrected chi connectivity index (χ4v) is 3.84. The number of carbonyl (C=O) groups excluding carboxylic acids is 1. The van der Waals surface area contributed by atoms with Crippen molar-refractivity contribution >= 4 is 22.6 Å². The Morgan fingerprint density at radius 3 is 2.78 bits per heavy atom. The number of nitrogens with zero attached hydrogens (tertiary/aromatic N) is 3. The number of imidazole rings is 1. The van der Waals surface area contributed by atoms with Gasteiger partial charge in [0, 0.05) is 31.2 Å². The fraction of sp³-hybridized carbons (Fsp3) is 0.364. The van der Waals surface area contributed by atoms with Crippen LogP contribution in [0.4, 0.5) is 5.69 Å². The highest BCUT2D eigenvalue weighted by molar-refractivity contribution is 5.93. The summed E-state index contributed by atoms with van der Waals surface area (Å²) in [5, 5.41) is 2.97. The first-order valence-corrected chi connectivity index (χ1v) is 9.73. The molecule has 0 spiro atoms. The van der Waals surface area contributed by atoms with Crippen LogP contribution in [0.2, 0.25) is 0 Å². The average molecular weight is 362 g/mol. The molecule has 0 radical (unpaired) electrons. The third kappa shape index (κ3) is 3.60. The molecule has 5 nitrogen and oxygen atoms in total. The van der Waals surface area contributed by atoms with Crippen LogP contribution in [0.15, 0.2) is 48.5 Å². The van der Waals surface area contributed by atoms with Gasteiger partial charge in [-0.05, 0) is 37.1 Å². The minimum absolute atomic E-state index is 0.0590. The van der Waals surface area contributed by atoms with Crippen molar-refractivity contribution in [2.75, 3.05) is 11.9 Å². The van der Waals surface area contributed by atoms with Gasteiger partial charge in [0.15, 0.2) is 0 Å². The van der Waals surface area contributed by atoms with Crippen LogP contribution in [0.1, 0.15) is 44.1 Å². The zero-order valence-corrected chi connectivity index (χ0v) is 16.0. The van der Waals surface area contributed by atoms with Gasteiger partial charge in [0.25, 0.3) is 0 Å². The standard InChI is InChI=1S/C22H26N4O/c1-3-7-22(27)23-18-10-11-20-19(14-18)24-21-15-25(12-13-26(20)21)16(2)17-8-5-4-6-9-17/h4-6,8-11,14,16H,3,7,12-13,15H2,1-2H3,(H,23,27)/t16-/m0/s1. The van der Waals surface area contributed by atoms with E-state index in [0.717, 1.165) is 48.6 Å². The topological polar surface area (TPSA) is 50.2 Å². The number of anilines is 1. The van der Waals surface area contributed by atoms with Crippen LogP contribution in [0.3, 0.4) is 0 Å². The Labute approximate surface area is 160 Å². The van der Waals surface area contributed by atoms with Crippen molar-refractivity contribution in [1.82, 2.24) is 14.5 Å². The fourth-order valence-electron chi connectivity index (χ4n) is 3.84. The van der Waals surface area contributed by atoms with Crippen molar-refractivity contribution in [3.8, 4) is 0 Å². The molecule has 4 rings (SSSR count). The molecule has 0 saturated carbocycles. The molecular weight excluding hydrogens is 336 g/mol. The molecule has 1 aliphatic heterocycles. The Bertz CT molecular complexity index is 948. The Balaban J connectivity index is 1.56. The summed E-state index contributed by atoms with van der Waals surface area (Å²) < 4.78 is 2.31.